The molecule has 1 amide bonds. The highest BCUT2D eigenvalue weighted by atomic mass is 16.5. The topological polar surface area (TPSA) is 87.7 Å². The molecule has 1 heterocycles. The van der Waals surface area contributed by atoms with Crippen molar-refractivity contribution < 1.29 is 19.4 Å². The molecule has 6 nitrogen and oxygen atoms in total. The minimum atomic E-state index is -1.05. The van der Waals surface area contributed by atoms with Crippen molar-refractivity contribution in [1.82, 2.24) is 10.6 Å². The Morgan fingerprint density at radius 2 is 2.12 bits per heavy atom. The van der Waals surface area contributed by atoms with Crippen LogP contribution >= 0.6 is 0 Å². The van der Waals surface area contributed by atoms with E-state index in [-0.39, 0.29) is 18.6 Å². The van der Waals surface area contributed by atoms with Gasteiger partial charge in [0, 0.05) is 0 Å². The van der Waals surface area contributed by atoms with Crippen LogP contribution in [0.25, 0.3) is 0 Å². The first-order chi connectivity index (χ1) is 7.59. The summed E-state index contributed by atoms with van der Waals surface area (Å²) in [7, 11) is 0. The third-order valence-electron chi connectivity index (χ3n) is 2.48. The third kappa shape index (κ3) is 4.59. The molecule has 1 aliphatic rings. The summed E-state index contributed by atoms with van der Waals surface area (Å²) in [4.78, 5) is 21.8. The average molecular weight is 230 g/mol. The average Bonchev–Trinajstić information content (AvgIpc) is 2.27. The van der Waals surface area contributed by atoms with Gasteiger partial charge in [-0.15, -0.1) is 0 Å². The fourth-order valence-corrected chi connectivity index (χ4v) is 1.50. The zero-order valence-electron chi connectivity index (χ0n) is 9.36. The molecule has 3 N–H and O–H groups in total. The number of amides is 1. The molecule has 0 radical (unpaired) electrons. The highest BCUT2D eigenvalue weighted by Gasteiger charge is 2.17. The van der Waals surface area contributed by atoms with Gasteiger partial charge >= 0.3 is 5.97 Å². The van der Waals surface area contributed by atoms with Crippen molar-refractivity contribution in [2.45, 2.75) is 31.9 Å². The molecule has 92 valence electrons. The second-order valence-corrected chi connectivity index (χ2v) is 3.89. The normalized spacial score (nSPS) is 19.1. The van der Waals surface area contributed by atoms with Crippen molar-refractivity contribution in [1.29, 1.82) is 0 Å². The number of nitrogens with one attached hydrogen (secondary N) is 2. The first-order valence-corrected chi connectivity index (χ1v) is 5.44. The molecule has 1 atom stereocenters. The number of carboxylic acid groups (broad SMARTS) is 1. The van der Waals surface area contributed by atoms with Gasteiger partial charge in [-0.3, -0.25) is 9.59 Å². The minimum absolute atomic E-state index is 0.0672. The molecule has 0 saturated carbocycles. The molecule has 1 saturated heterocycles. The number of ether oxygens (including phenoxy) is 1. The summed E-state index contributed by atoms with van der Waals surface area (Å²) < 4.78 is 5.38. The Hall–Kier alpha value is -1.14. The maximum Gasteiger partial charge on any atom is 0.325 e. The third-order valence-corrected chi connectivity index (χ3v) is 2.48. The van der Waals surface area contributed by atoms with Crippen LogP contribution in [0.5, 0.6) is 0 Å². The second-order valence-electron chi connectivity index (χ2n) is 3.89. The molecule has 1 fully saturated rings. The van der Waals surface area contributed by atoms with Gasteiger partial charge in [0.15, 0.2) is 0 Å². The van der Waals surface area contributed by atoms with E-state index in [0.29, 0.717) is 0 Å². The number of hydrogen-bond acceptors (Lipinski definition) is 4. The van der Waals surface area contributed by atoms with E-state index in [4.69, 9.17) is 9.84 Å². The Morgan fingerprint density at radius 3 is 2.69 bits per heavy atom. The predicted octanol–water partition coefficient (Wildman–Crippen LogP) is -0.656. The summed E-state index contributed by atoms with van der Waals surface area (Å²) in [6.45, 7) is 3.16. The van der Waals surface area contributed by atoms with E-state index in [1.165, 1.54) is 6.92 Å². The minimum Gasteiger partial charge on any atom is -0.480 e. The lowest BCUT2D eigenvalue weighted by molar-refractivity contribution is -0.142. The van der Waals surface area contributed by atoms with E-state index in [1.807, 2.05) is 0 Å². The van der Waals surface area contributed by atoms with Gasteiger partial charge in [0.05, 0.1) is 6.10 Å². The van der Waals surface area contributed by atoms with Crippen molar-refractivity contribution in [3.8, 4) is 0 Å². The molecule has 1 aliphatic heterocycles. The Labute approximate surface area is 94.3 Å². The lowest BCUT2D eigenvalue weighted by Crippen LogP contribution is -2.41. The summed E-state index contributed by atoms with van der Waals surface area (Å²) in [6, 6.07) is -0.871. The van der Waals surface area contributed by atoms with Crippen molar-refractivity contribution in [2.75, 3.05) is 19.7 Å². The number of piperidine rings is 1. The first kappa shape index (κ1) is 12.9. The van der Waals surface area contributed by atoms with Crippen LogP contribution < -0.4 is 10.6 Å². The van der Waals surface area contributed by atoms with E-state index < -0.39 is 12.0 Å². The van der Waals surface area contributed by atoms with E-state index in [9.17, 15) is 9.59 Å². The second kappa shape index (κ2) is 6.44. The van der Waals surface area contributed by atoms with Gasteiger partial charge in [-0.1, -0.05) is 0 Å². The smallest absolute Gasteiger partial charge is 0.325 e. The Kier molecular flexibility index (Phi) is 5.21. The van der Waals surface area contributed by atoms with Gasteiger partial charge in [-0.2, -0.15) is 0 Å². The van der Waals surface area contributed by atoms with Crippen molar-refractivity contribution >= 4 is 11.9 Å². The number of hydrogen-bond donors (Lipinski definition) is 3. The Morgan fingerprint density at radius 1 is 1.50 bits per heavy atom. The maximum absolute atomic E-state index is 11.3. The molecular weight excluding hydrogens is 212 g/mol. The number of carbonyl (C=O) groups excluding carboxylic acids is 1. The number of rotatable bonds is 5. The molecular formula is C10H18N2O4. The highest BCUT2D eigenvalue weighted by Crippen LogP contribution is 2.06. The number of aliphatic carboxylic acids is 1. The van der Waals surface area contributed by atoms with Gasteiger partial charge in [-0.25, -0.2) is 0 Å². The molecule has 0 aliphatic carbocycles. The van der Waals surface area contributed by atoms with Gasteiger partial charge < -0.3 is 20.5 Å². The first-order valence-electron chi connectivity index (χ1n) is 5.44. The summed E-state index contributed by atoms with van der Waals surface area (Å²) in [5, 5.41) is 14.1. The molecule has 0 bridgehead atoms. The zero-order chi connectivity index (χ0) is 12.0. The van der Waals surface area contributed by atoms with Crippen molar-refractivity contribution in [2.24, 2.45) is 0 Å². The SMILES string of the molecule is C[C@@H](NC(=O)COC1CCNCC1)C(=O)O. The zero-order valence-corrected chi connectivity index (χ0v) is 9.36. The molecule has 16 heavy (non-hydrogen) atoms. The molecule has 0 unspecified atom stereocenters. The molecule has 0 aromatic carbocycles. The summed E-state index contributed by atoms with van der Waals surface area (Å²) in [6.07, 6.45) is 1.89. The van der Waals surface area contributed by atoms with Crippen molar-refractivity contribution in [3.05, 3.63) is 0 Å². The predicted molar refractivity (Wildman–Crippen MR) is 57.1 cm³/mol. The fourth-order valence-electron chi connectivity index (χ4n) is 1.50. The molecule has 6 heteroatoms. The van der Waals surface area contributed by atoms with Crippen LogP contribution in [-0.2, 0) is 14.3 Å². The van der Waals surface area contributed by atoms with Crippen LogP contribution in [-0.4, -0.2) is 48.8 Å². The lowest BCUT2D eigenvalue weighted by Gasteiger charge is -2.22. The van der Waals surface area contributed by atoms with Crippen LogP contribution in [0.4, 0.5) is 0 Å². The van der Waals surface area contributed by atoms with Crippen LogP contribution in [0.15, 0.2) is 0 Å². The van der Waals surface area contributed by atoms with Gasteiger partial charge in [0.25, 0.3) is 0 Å². The fraction of sp³-hybridized carbons (Fsp3) is 0.800. The Bertz CT molecular complexity index is 251. The summed E-state index contributed by atoms with van der Waals surface area (Å²) >= 11 is 0. The van der Waals surface area contributed by atoms with Crippen LogP contribution in [0.3, 0.4) is 0 Å². The van der Waals surface area contributed by atoms with Crippen LogP contribution in [0, 0.1) is 0 Å². The number of carbonyl (C=O) groups is 2. The van der Waals surface area contributed by atoms with E-state index >= 15 is 0 Å². The number of carboxylic acids is 1. The quantitative estimate of drug-likeness (QED) is 0.584. The van der Waals surface area contributed by atoms with Crippen LogP contribution in [0.1, 0.15) is 19.8 Å². The largest absolute Gasteiger partial charge is 0.480 e. The van der Waals surface area contributed by atoms with Crippen molar-refractivity contribution in [3.63, 3.8) is 0 Å². The Balaban J connectivity index is 2.16. The van der Waals surface area contributed by atoms with Gasteiger partial charge in [0.2, 0.25) is 5.91 Å². The van der Waals surface area contributed by atoms with Gasteiger partial charge in [0.1, 0.15) is 12.6 Å². The van der Waals surface area contributed by atoms with Crippen LogP contribution in [0.2, 0.25) is 0 Å². The summed E-state index contributed by atoms with van der Waals surface area (Å²) in [5.41, 5.74) is 0. The van der Waals surface area contributed by atoms with E-state index in [2.05, 4.69) is 10.6 Å². The molecule has 0 aromatic rings. The molecule has 0 spiro atoms. The lowest BCUT2D eigenvalue weighted by atomic mass is 10.1. The van der Waals surface area contributed by atoms with Gasteiger partial charge in [-0.05, 0) is 32.9 Å². The maximum atomic E-state index is 11.3. The molecule has 0 aromatic heterocycles. The summed E-state index contributed by atoms with van der Waals surface area (Å²) in [5.74, 6) is -1.43. The van der Waals surface area contributed by atoms with E-state index in [0.717, 1.165) is 25.9 Å². The molecule has 1 rings (SSSR count). The highest BCUT2D eigenvalue weighted by molar-refractivity contribution is 5.83. The standard InChI is InChI=1S/C10H18N2O4/c1-7(10(14)15)12-9(13)6-16-8-2-4-11-5-3-8/h7-8,11H,2-6H2,1H3,(H,12,13)(H,14,15)/t7-/m1/s1. The monoisotopic (exact) mass is 230 g/mol. The van der Waals surface area contributed by atoms with E-state index in [1.54, 1.807) is 0 Å².